The number of hydrogen-bond acceptors (Lipinski definition) is 1. The van der Waals surface area contributed by atoms with Gasteiger partial charge in [0.25, 0.3) is 0 Å². The van der Waals surface area contributed by atoms with E-state index in [1.54, 1.807) is 12.1 Å². The van der Waals surface area contributed by atoms with Gasteiger partial charge in [0.15, 0.2) is 0 Å². The molecule has 2 unspecified atom stereocenters. The molecular weight excluding hydrogens is 189 g/mol. The number of halogens is 1. The fourth-order valence-corrected chi connectivity index (χ4v) is 2.47. The third-order valence-corrected chi connectivity index (χ3v) is 2.96. The van der Waals surface area contributed by atoms with Crippen LogP contribution in [-0.4, -0.2) is 13.1 Å². The van der Waals surface area contributed by atoms with Crippen LogP contribution in [0.15, 0.2) is 18.2 Å². The fraction of sp³-hybridized carbons (Fsp3) is 0.538. The van der Waals surface area contributed by atoms with Gasteiger partial charge in [-0.15, -0.1) is 0 Å². The second-order valence-electron chi connectivity index (χ2n) is 4.74. The number of hydrogen-bond donors (Lipinski definition) is 0. The Morgan fingerprint density at radius 1 is 1.33 bits per heavy atom. The third kappa shape index (κ3) is 2.49. The lowest BCUT2D eigenvalue weighted by Crippen LogP contribution is -2.38. The summed E-state index contributed by atoms with van der Waals surface area (Å²) in [6.07, 6.45) is 1.27. The summed E-state index contributed by atoms with van der Waals surface area (Å²) in [7, 11) is 0. The van der Waals surface area contributed by atoms with E-state index in [-0.39, 0.29) is 5.82 Å². The van der Waals surface area contributed by atoms with Gasteiger partial charge in [0.1, 0.15) is 5.82 Å². The molecule has 0 aliphatic carbocycles. The van der Waals surface area contributed by atoms with E-state index in [4.69, 9.17) is 0 Å². The quantitative estimate of drug-likeness (QED) is 0.682. The van der Waals surface area contributed by atoms with Crippen molar-refractivity contribution in [2.45, 2.75) is 20.3 Å². The molecule has 1 aliphatic rings. The van der Waals surface area contributed by atoms with Gasteiger partial charge in [0.05, 0.1) is 0 Å². The molecule has 1 aliphatic heterocycles. The zero-order chi connectivity index (χ0) is 10.8. The van der Waals surface area contributed by atoms with Crippen molar-refractivity contribution in [3.63, 3.8) is 0 Å². The van der Waals surface area contributed by atoms with Gasteiger partial charge in [0, 0.05) is 24.8 Å². The van der Waals surface area contributed by atoms with Crippen LogP contribution in [0.2, 0.25) is 0 Å². The SMILES string of the molecule is CC1CC(C)CN(c2[c]ccc(F)c2)C1. The van der Waals surface area contributed by atoms with Crippen molar-refractivity contribution in [2.75, 3.05) is 18.0 Å². The Labute approximate surface area is 90.9 Å². The van der Waals surface area contributed by atoms with Gasteiger partial charge in [-0.05, 0) is 36.5 Å². The molecule has 0 bridgehead atoms. The number of rotatable bonds is 1. The maximum Gasteiger partial charge on any atom is 0.125 e. The molecule has 2 atom stereocenters. The number of piperidine rings is 1. The van der Waals surface area contributed by atoms with Crippen LogP contribution < -0.4 is 4.90 Å². The lowest BCUT2D eigenvalue weighted by molar-refractivity contribution is 0.356. The Morgan fingerprint density at radius 2 is 2.00 bits per heavy atom. The molecule has 0 N–H and O–H groups in total. The van der Waals surface area contributed by atoms with Gasteiger partial charge in [-0.25, -0.2) is 4.39 Å². The van der Waals surface area contributed by atoms with Gasteiger partial charge in [-0.2, -0.15) is 0 Å². The van der Waals surface area contributed by atoms with E-state index in [1.165, 1.54) is 12.5 Å². The average Bonchev–Trinajstić information content (AvgIpc) is 2.16. The Hall–Kier alpha value is -1.05. The molecule has 1 saturated heterocycles. The molecule has 1 aromatic rings. The average molecular weight is 206 g/mol. The minimum atomic E-state index is -0.172. The van der Waals surface area contributed by atoms with E-state index in [0.717, 1.165) is 18.8 Å². The number of anilines is 1. The predicted octanol–water partition coefficient (Wildman–Crippen LogP) is 3.11. The molecule has 1 nitrogen and oxygen atoms in total. The first kappa shape index (κ1) is 10.5. The molecule has 0 amide bonds. The van der Waals surface area contributed by atoms with Crippen molar-refractivity contribution in [1.29, 1.82) is 0 Å². The molecule has 2 heteroatoms. The first-order valence-corrected chi connectivity index (χ1v) is 5.57. The summed E-state index contributed by atoms with van der Waals surface area (Å²) in [5, 5.41) is 0. The highest BCUT2D eigenvalue weighted by molar-refractivity contribution is 5.45. The van der Waals surface area contributed by atoms with E-state index in [1.807, 2.05) is 0 Å². The summed E-state index contributed by atoms with van der Waals surface area (Å²) < 4.78 is 13.1. The highest BCUT2D eigenvalue weighted by atomic mass is 19.1. The monoisotopic (exact) mass is 206 g/mol. The Morgan fingerprint density at radius 3 is 2.60 bits per heavy atom. The smallest absolute Gasteiger partial charge is 0.125 e. The second kappa shape index (κ2) is 4.21. The van der Waals surface area contributed by atoms with E-state index in [9.17, 15) is 4.39 Å². The Kier molecular flexibility index (Phi) is 2.94. The van der Waals surface area contributed by atoms with Crippen molar-refractivity contribution in [1.82, 2.24) is 0 Å². The second-order valence-corrected chi connectivity index (χ2v) is 4.74. The van der Waals surface area contributed by atoms with Crippen LogP contribution in [0.5, 0.6) is 0 Å². The zero-order valence-electron chi connectivity index (χ0n) is 9.33. The maximum absolute atomic E-state index is 13.1. The zero-order valence-corrected chi connectivity index (χ0v) is 9.33. The van der Waals surface area contributed by atoms with Crippen LogP contribution in [0.1, 0.15) is 20.3 Å². The van der Waals surface area contributed by atoms with Gasteiger partial charge < -0.3 is 4.90 Å². The van der Waals surface area contributed by atoms with Crippen molar-refractivity contribution in [2.24, 2.45) is 11.8 Å². The molecule has 1 radical (unpaired) electrons. The van der Waals surface area contributed by atoms with Crippen molar-refractivity contribution in [3.8, 4) is 0 Å². The first-order valence-electron chi connectivity index (χ1n) is 5.57. The van der Waals surface area contributed by atoms with Gasteiger partial charge >= 0.3 is 0 Å². The van der Waals surface area contributed by atoms with Crippen LogP contribution in [0.3, 0.4) is 0 Å². The lowest BCUT2D eigenvalue weighted by Gasteiger charge is -2.36. The van der Waals surface area contributed by atoms with E-state index < -0.39 is 0 Å². The summed E-state index contributed by atoms with van der Waals surface area (Å²) in [6, 6.07) is 7.79. The minimum Gasteiger partial charge on any atom is -0.370 e. The molecule has 81 valence electrons. The largest absolute Gasteiger partial charge is 0.370 e. The lowest BCUT2D eigenvalue weighted by atomic mass is 9.91. The summed E-state index contributed by atoms with van der Waals surface area (Å²) in [5.74, 6) is 1.20. The molecular formula is C13H17FN. The van der Waals surface area contributed by atoms with Gasteiger partial charge in [0.2, 0.25) is 0 Å². The maximum atomic E-state index is 13.1. The van der Waals surface area contributed by atoms with E-state index in [0.29, 0.717) is 11.8 Å². The standard InChI is InChI=1S/C13H17FN/c1-10-6-11(2)9-15(8-10)13-5-3-4-12(14)7-13/h3-4,7,10-11H,6,8-9H2,1-2H3. The van der Waals surface area contributed by atoms with Crippen LogP contribution in [-0.2, 0) is 0 Å². The third-order valence-electron chi connectivity index (χ3n) is 2.96. The molecule has 1 aromatic carbocycles. The molecule has 0 saturated carbocycles. The number of nitrogens with zero attached hydrogens (tertiary/aromatic N) is 1. The summed E-state index contributed by atoms with van der Waals surface area (Å²) in [6.45, 7) is 6.54. The highest BCUT2D eigenvalue weighted by Gasteiger charge is 2.22. The van der Waals surface area contributed by atoms with Crippen molar-refractivity contribution < 1.29 is 4.39 Å². The normalized spacial score (nSPS) is 26.7. The van der Waals surface area contributed by atoms with Crippen LogP contribution in [0.4, 0.5) is 10.1 Å². The fourth-order valence-electron chi connectivity index (χ4n) is 2.47. The van der Waals surface area contributed by atoms with Gasteiger partial charge in [-0.3, -0.25) is 0 Å². The van der Waals surface area contributed by atoms with Crippen molar-refractivity contribution in [3.05, 3.63) is 30.1 Å². The molecule has 2 rings (SSSR count). The molecule has 0 aromatic heterocycles. The van der Waals surface area contributed by atoms with E-state index in [2.05, 4.69) is 24.8 Å². The summed E-state index contributed by atoms with van der Waals surface area (Å²) in [5.41, 5.74) is 0.897. The Balaban J connectivity index is 2.16. The Bertz CT molecular complexity index is 327. The number of benzene rings is 1. The minimum absolute atomic E-state index is 0.172. The summed E-state index contributed by atoms with van der Waals surface area (Å²) >= 11 is 0. The topological polar surface area (TPSA) is 3.24 Å². The first-order chi connectivity index (χ1) is 7.15. The van der Waals surface area contributed by atoms with Crippen molar-refractivity contribution >= 4 is 5.69 Å². The van der Waals surface area contributed by atoms with Crippen LogP contribution in [0.25, 0.3) is 0 Å². The molecule has 15 heavy (non-hydrogen) atoms. The highest BCUT2D eigenvalue weighted by Crippen LogP contribution is 2.26. The molecule has 1 fully saturated rings. The molecule has 1 heterocycles. The molecule has 0 spiro atoms. The van der Waals surface area contributed by atoms with Crippen LogP contribution in [0, 0.1) is 23.7 Å². The van der Waals surface area contributed by atoms with Crippen LogP contribution >= 0.6 is 0 Å². The predicted molar refractivity (Wildman–Crippen MR) is 60.4 cm³/mol. The summed E-state index contributed by atoms with van der Waals surface area (Å²) in [4.78, 5) is 2.24. The van der Waals surface area contributed by atoms with Gasteiger partial charge in [-0.1, -0.05) is 13.8 Å². The van der Waals surface area contributed by atoms with E-state index >= 15 is 0 Å².